The van der Waals surface area contributed by atoms with Gasteiger partial charge in [0.25, 0.3) is 0 Å². The highest BCUT2D eigenvalue weighted by Gasteiger charge is 2.22. The lowest BCUT2D eigenvalue weighted by molar-refractivity contribution is -0.0460. The average molecular weight is 145 g/mol. The van der Waals surface area contributed by atoms with Gasteiger partial charge in [0.05, 0.1) is 12.2 Å². The van der Waals surface area contributed by atoms with Gasteiger partial charge in [-0.3, -0.25) is 0 Å². The van der Waals surface area contributed by atoms with E-state index in [1.54, 1.807) is 0 Å². The summed E-state index contributed by atoms with van der Waals surface area (Å²) in [6, 6.07) is 0. The molecular weight excluding hydrogens is 130 g/mol. The number of piperidine rings is 1. The summed E-state index contributed by atoms with van der Waals surface area (Å²) in [4.78, 5) is 0. The molecule has 1 rings (SSSR count). The third kappa shape index (κ3) is 1.94. The summed E-state index contributed by atoms with van der Waals surface area (Å²) < 4.78 is 5.28. The molecule has 2 atom stereocenters. The summed E-state index contributed by atoms with van der Waals surface area (Å²) >= 11 is 0. The minimum Gasteiger partial charge on any atom is -0.390 e. The van der Waals surface area contributed by atoms with Crippen LogP contribution in [0, 0.1) is 0 Å². The SMILES string of the molecule is CCO[C@@H]1CNCC[C@@H]1O. The Morgan fingerprint density at radius 1 is 1.70 bits per heavy atom. The lowest BCUT2D eigenvalue weighted by Crippen LogP contribution is -2.45. The maximum absolute atomic E-state index is 9.34. The van der Waals surface area contributed by atoms with Gasteiger partial charge < -0.3 is 15.2 Å². The van der Waals surface area contributed by atoms with Gasteiger partial charge in [-0.05, 0) is 19.9 Å². The zero-order valence-electron chi connectivity index (χ0n) is 6.34. The van der Waals surface area contributed by atoms with E-state index in [4.69, 9.17) is 4.74 Å². The average Bonchev–Trinajstić information content (AvgIpc) is 1.94. The van der Waals surface area contributed by atoms with E-state index in [-0.39, 0.29) is 12.2 Å². The van der Waals surface area contributed by atoms with Crippen molar-refractivity contribution in [2.45, 2.75) is 25.6 Å². The molecular formula is C7H15NO2. The normalized spacial score (nSPS) is 34.2. The molecule has 10 heavy (non-hydrogen) atoms. The molecule has 2 N–H and O–H groups in total. The molecule has 60 valence electrons. The third-order valence-corrected chi connectivity index (χ3v) is 1.77. The molecule has 0 aromatic rings. The summed E-state index contributed by atoms with van der Waals surface area (Å²) in [5, 5.41) is 12.5. The van der Waals surface area contributed by atoms with Gasteiger partial charge in [0.1, 0.15) is 0 Å². The van der Waals surface area contributed by atoms with E-state index in [1.807, 2.05) is 6.92 Å². The van der Waals surface area contributed by atoms with Gasteiger partial charge in [0.15, 0.2) is 0 Å². The molecule has 1 aliphatic heterocycles. The Bertz CT molecular complexity index is 95.6. The first-order chi connectivity index (χ1) is 4.84. The smallest absolute Gasteiger partial charge is 0.0958 e. The lowest BCUT2D eigenvalue weighted by Gasteiger charge is -2.27. The Morgan fingerprint density at radius 2 is 2.50 bits per heavy atom. The van der Waals surface area contributed by atoms with Crippen LogP contribution in [-0.4, -0.2) is 37.0 Å². The van der Waals surface area contributed by atoms with Crippen LogP contribution >= 0.6 is 0 Å². The Balaban J connectivity index is 2.25. The molecule has 0 bridgehead atoms. The first kappa shape index (κ1) is 7.98. The Hall–Kier alpha value is -0.120. The van der Waals surface area contributed by atoms with Crippen molar-refractivity contribution >= 4 is 0 Å². The lowest BCUT2D eigenvalue weighted by atomic mass is 10.1. The van der Waals surface area contributed by atoms with Crippen molar-refractivity contribution in [3.8, 4) is 0 Å². The van der Waals surface area contributed by atoms with Crippen LogP contribution in [0.2, 0.25) is 0 Å². The summed E-state index contributed by atoms with van der Waals surface area (Å²) in [6.45, 7) is 4.32. The fourth-order valence-corrected chi connectivity index (χ4v) is 1.20. The monoisotopic (exact) mass is 145 g/mol. The number of ether oxygens (including phenoxy) is 1. The first-order valence-electron chi connectivity index (χ1n) is 3.85. The summed E-state index contributed by atoms with van der Waals surface area (Å²) in [5.41, 5.74) is 0. The van der Waals surface area contributed by atoms with Crippen LogP contribution in [0.1, 0.15) is 13.3 Å². The predicted molar refractivity (Wildman–Crippen MR) is 38.9 cm³/mol. The van der Waals surface area contributed by atoms with Crippen molar-refractivity contribution in [1.29, 1.82) is 0 Å². The van der Waals surface area contributed by atoms with Crippen molar-refractivity contribution in [1.82, 2.24) is 5.32 Å². The quantitative estimate of drug-likeness (QED) is 0.563. The zero-order valence-corrected chi connectivity index (χ0v) is 6.34. The summed E-state index contributed by atoms with van der Waals surface area (Å²) in [5.74, 6) is 0. The number of rotatable bonds is 2. The van der Waals surface area contributed by atoms with Gasteiger partial charge in [-0.1, -0.05) is 0 Å². The van der Waals surface area contributed by atoms with E-state index >= 15 is 0 Å². The van der Waals surface area contributed by atoms with Gasteiger partial charge in [-0.25, -0.2) is 0 Å². The van der Waals surface area contributed by atoms with Crippen LogP contribution in [-0.2, 0) is 4.74 Å². The second-order valence-electron chi connectivity index (χ2n) is 2.55. The third-order valence-electron chi connectivity index (χ3n) is 1.77. The highest BCUT2D eigenvalue weighted by molar-refractivity contribution is 4.77. The molecule has 0 aliphatic carbocycles. The van der Waals surface area contributed by atoms with E-state index in [1.165, 1.54) is 0 Å². The Morgan fingerprint density at radius 3 is 3.10 bits per heavy atom. The number of aliphatic hydroxyl groups is 1. The molecule has 0 spiro atoms. The molecule has 0 amide bonds. The second-order valence-corrected chi connectivity index (χ2v) is 2.55. The molecule has 0 saturated carbocycles. The molecule has 1 aliphatic rings. The number of aliphatic hydroxyl groups excluding tert-OH is 1. The van der Waals surface area contributed by atoms with E-state index < -0.39 is 0 Å². The summed E-state index contributed by atoms with van der Waals surface area (Å²) in [6.07, 6.45) is 0.560. The van der Waals surface area contributed by atoms with Crippen LogP contribution in [0.15, 0.2) is 0 Å². The fraction of sp³-hybridized carbons (Fsp3) is 1.00. The van der Waals surface area contributed by atoms with Gasteiger partial charge in [0, 0.05) is 13.2 Å². The van der Waals surface area contributed by atoms with Gasteiger partial charge in [-0.2, -0.15) is 0 Å². The van der Waals surface area contributed by atoms with Gasteiger partial charge in [-0.15, -0.1) is 0 Å². The Kier molecular flexibility index (Phi) is 3.12. The first-order valence-corrected chi connectivity index (χ1v) is 3.85. The molecule has 0 aromatic heterocycles. The fourth-order valence-electron chi connectivity index (χ4n) is 1.20. The summed E-state index contributed by atoms with van der Waals surface area (Å²) in [7, 11) is 0. The van der Waals surface area contributed by atoms with E-state index in [0.717, 1.165) is 19.5 Å². The molecule has 0 unspecified atom stereocenters. The van der Waals surface area contributed by atoms with E-state index in [2.05, 4.69) is 5.32 Å². The Labute approximate surface area is 61.4 Å². The van der Waals surface area contributed by atoms with Gasteiger partial charge >= 0.3 is 0 Å². The largest absolute Gasteiger partial charge is 0.390 e. The van der Waals surface area contributed by atoms with E-state index in [0.29, 0.717) is 6.61 Å². The van der Waals surface area contributed by atoms with Crippen LogP contribution < -0.4 is 5.32 Å². The van der Waals surface area contributed by atoms with Crippen LogP contribution in [0.3, 0.4) is 0 Å². The predicted octanol–water partition coefficient (Wildman–Crippen LogP) is -0.254. The molecule has 0 aromatic carbocycles. The van der Waals surface area contributed by atoms with Crippen molar-refractivity contribution < 1.29 is 9.84 Å². The standard InChI is InChI=1S/C7H15NO2/c1-2-10-7-5-8-4-3-6(7)9/h6-9H,2-5H2,1H3/t6-,7+/m0/s1. The minimum atomic E-state index is -0.263. The molecule has 3 nitrogen and oxygen atoms in total. The van der Waals surface area contributed by atoms with Crippen molar-refractivity contribution in [3.05, 3.63) is 0 Å². The maximum atomic E-state index is 9.34. The van der Waals surface area contributed by atoms with Crippen molar-refractivity contribution in [2.75, 3.05) is 19.7 Å². The number of nitrogens with one attached hydrogen (secondary N) is 1. The highest BCUT2D eigenvalue weighted by atomic mass is 16.5. The number of hydrogen-bond donors (Lipinski definition) is 2. The maximum Gasteiger partial charge on any atom is 0.0958 e. The minimum absolute atomic E-state index is 0.0127. The van der Waals surface area contributed by atoms with Crippen LogP contribution in [0.25, 0.3) is 0 Å². The number of hydrogen-bond acceptors (Lipinski definition) is 3. The van der Waals surface area contributed by atoms with Gasteiger partial charge in [0.2, 0.25) is 0 Å². The van der Waals surface area contributed by atoms with Crippen molar-refractivity contribution in [2.24, 2.45) is 0 Å². The molecule has 0 radical (unpaired) electrons. The molecule has 3 heteroatoms. The van der Waals surface area contributed by atoms with Crippen LogP contribution in [0.4, 0.5) is 0 Å². The van der Waals surface area contributed by atoms with E-state index in [9.17, 15) is 5.11 Å². The second kappa shape index (κ2) is 3.91. The molecule has 1 fully saturated rings. The van der Waals surface area contributed by atoms with Crippen LogP contribution in [0.5, 0.6) is 0 Å². The highest BCUT2D eigenvalue weighted by Crippen LogP contribution is 2.06. The topological polar surface area (TPSA) is 41.5 Å². The molecule has 1 heterocycles. The van der Waals surface area contributed by atoms with Crippen molar-refractivity contribution in [3.63, 3.8) is 0 Å². The molecule has 1 saturated heterocycles. The zero-order chi connectivity index (χ0) is 7.40.